The molecule has 0 atom stereocenters. The van der Waals surface area contributed by atoms with Crippen LogP contribution in [-0.4, -0.2) is 43.5 Å². The third-order valence-corrected chi connectivity index (χ3v) is 7.20. The van der Waals surface area contributed by atoms with E-state index in [0.717, 1.165) is 38.5 Å². The second kappa shape index (κ2) is 7.24. The number of nitrogens with one attached hydrogen (secondary N) is 1. The fourth-order valence-electron chi connectivity index (χ4n) is 3.97. The molecule has 1 amide bonds. The third-order valence-electron chi connectivity index (χ3n) is 5.69. The van der Waals surface area contributed by atoms with E-state index in [1.54, 1.807) is 11.0 Å². The molecule has 1 aliphatic carbocycles. The minimum atomic E-state index is -3.65. The maximum absolute atomic E-state index is 12.8. The molecule has 0 bridgehead atoms. The van der Waals surface area contributed by atoms with E-state index < -0.39 is 10.0 Å². The van der Waals surface area contributed by atoms with Crippen molar-refractivity contribution in [2.45, 2.75) is 56.4 Å². The van der Waals surface area contributed by atoms with Crippen LogP contribution in [-0.2, 0) is 10.0 Å². The maximum atomic E-state index is 12.8. The molecule has 0 spiro atoms. The predicted octanol–water partition coefficient (Wildman–Crippen LogP) is 2.92. The van der Waals surface area contributed by atoms with Crippen LogP contribution in [0.4, 0.5) is 0 Å². The zero-order valence-electron chi connectivity index (χ0n) is 15.5. The number of hydrogen-bond acceptors (Lipinski definition) is 5. The van der Waals surface area contributed by atoms with E-state index in [1.165, 1.54) is 12.1 Å². The minimum absolute atomic E-state index is 0.0323. The minimum Gasteiger partial charge on any atom is -0.355 e. The second-order valence-corrected chi connectivity index (χ2v) is 9.48. The molecule has 27 heavy (non-hydrogen) atoms. The van der Waals surface area contributed by atoms with Crippen molar-refractivity contribution in [1.29, 1.82) is 0 Å². The normalized spacial score (nSPS) is 23.8. The number of amides is 1. The van der Waals surface area contributed by atoms with Crippen molar-refractivity contribution in [2.75, 3.05) is 13.1 Å². The van der Waals surface area contributed by atoms with Crippen molar-refractivity contribution in [3.05, 3.63) is 23.9 Å². The van der Waals surface area contributed by atoms with E-state index in [1.807, 2.05) is 0 Å². The molecule has 2 heterocycles. The molecular weight excluding hydrogens is 366 g/mol. The van der Waals surface area contributed by atoms with Gasteiger partial charge in [0, 0.05) is 19.1 Å². The summed E-state index contributed by atoms with van der Waals surface area (Å²) in [6.45, 7) is 3.60. The Balaban J connectivity index is 1.60. The van der Waals surface area contributed by atoms with Gasteiger partial charge in [-0.2, -0.15) is 0 Å². The summed E-state index contributed by atoms with van der Waals surface area (Å²) in [4.78, 5) is 14.6. The number of likely N-dealkylation sites (tertiary alicyclic amines) is 1. The Hall–Kier alpha value is -1.93. The molecule has 1 saturated carbocycles. The number of hydrogen-bond donors (Lipinski definition) is 1. The van der Waals surface area contributed by atoms with Gasteiger partial charge in [0.05, 0.1) is 10.3 Å². The number of nitrogens with zero attached hydrogens (tertiary/aromatic N) is 2. The number of aromatic nitrogens is 1. The summed E-state index contributed by atoms with van der Waals surface area (Å²) in [5, 5.41) is 4.36. The Morgan fingerprint density at radius 1 is 1.19 bits per heavy atom. The molecule has 1 N–H and O–H groups in total. The molecule has 1 aromatic carbocycles. The summed E-state index contributed by atoms with van der Waals surface area (Å²) in [6.07, 6.45) is 5.73. The first-order valence-electron chi connectivity index (χ1n) is 9.65. The van der Waals surface area contributed by atoms with Crippen LogP contribution in [0.5, 0.6) is 0 Å². The Morgan fingerprint density at radius 3 is 2.59 bits per heavy atom. The quantitative estimate of drug-likeness (QED) is 0.865. The van der Waals surface area contributed by atoms with Gasteiger partial charge in [-0.1, -0.05) is 12.1 Å². The molecule has 146 valence electrons. The Morgan fingerprint density at radius 2 is 1.89 bits per heavy atom. The standard InChI is InChI=1S/C19H25N3O4S/c1-13-4-6-14(7-5-13)21-27(24,25)15-8-9-17-16(12-15)18(20-26-17)19(23)22-10-2-3-11-22/h8-9,12-14,21H,2-7,10-11H2,1H3. The molecule has 2 aliphatic rings. The number of fused-ring (bicyclic) bond motifs is 1. The van der Waals surface area contributed by atoms with Gasteiger partial charge in [0.15, 0.2) is 11.3 Å². The predicted molar refractivity (Wildman–Crippen MR) is 101 cm³/mol. The highest BCUT2D eigenvalue weighted by Gasteiger charge is 2.27. The van der Waals surface area contributed by atoms with Gasteiger partial charge in [-0.25, -0.2) is 13.1 Å². The summed E-state index contributed by atoms with van der Waals surface area (Å²) < 4.78 is 33.7. The van der Waals surface area contributed by atoms with Crippen molar-refractivity contribution in [1.82, 2.24) is 14.8 Å². The van der Waals surface area contributed by atoms with Crippen LogP contribution in [0.1, 0.15) is 55.9 Å². The summed E-state index contributed by atoms with van der Waals surface area (Å²) in [7, 11) is -3.65. The van der Waals surface area contributed by atoms with Crippen LogP contribution in [0.15, 0.2) is 27.6 Å². The summed E-state index contributed by atoms with van der Waals surface area (Å²) in [5.74, 6) is 0.452. The Labute approximate surface area is 159 Å². The summed E-state index contributed by atoms with van der Waals surface area (Å²) in [5.41, 5.74) is 0.610. The van der Waals surface area contributed by atoms with Gasteiger partial charge < -0.3 is 9.42 Å². The monoisotopic (exact) mass is 391 g/mol. The average molecular weight is 391 g/mol. The van der Waals surface area contributed by atoms with E-state index in [0.29, 0.717) is 30.0 Å². The number of rotatable bonds is 4. The SMILES string of the molecule is CC1CCC(NS(=O)(=O)c2ccc3onc(C(=O)N4CCCC4)c3c2)CC1. The lowest BCUT2D eigenvalue weighted by Crippen LogP contribution is -2.37. The highest BCUT2D eigenvalue weighted by atomic mass is 32.2. The fourth-order valence-corrected chi connectivity index (χ4v) is 5.31. The van der Waals surface area contributed by atoms with Gasteiger partial charge in [0.2, 0.25) is 10.0 Å². The fraction of sp³-hybridized carbons (Fsp3) is 0.579. The van der Waals surface area contributed by atoms with Gasteiger partial charge in [-0.15, -0.1) is 0 Å². The Kier molecular flexibility index (Phi) is 4.94. The van der Waals surface area contributed by atoms with E-state index in [2.05, 4.69) is 16.8 Å². The van der Waals surface area contributed by atoms with E-state index >= 15 is 0 Å². The van der Waals surface area contributed by atoms with Gasteiger partial charge in [-0.3, -0.25) is 4.79 Å². The number of carbonyl (C=O) groups excluding carboxylic acids is 1. The lowest BCUT2D eigenvalue weighted by atomic mass is 9.88. The zero-order valence-corrected chi connectivity index (χ0v) is 16.3. The molecule has 4 rings (SSSR count). The molecule has 2 aromatic rings. The van der Waals surface area contributed by atoms with Crippen molar-refractivity contribution in [3.8, 4) is 0 Å². The van der Waals surface area contributed by atoms with Crippen molar-refractivity contribution < 1.29 is 17.7 Å². The van der Waals surface area contributed by atoms with E-state index in [4.69, 9.17) is 4.52 Å². The van der Waals surface area contributed by atoms with Crippen molar-refractivity contribution in [2.24, 2.45) is 5.92 Å². The van der Waals surface area contributed by atoms with Crippen LogP contribution in [0.3, 0.4) is 0 Å². The lowest BCUT2D eigenvalue weighted by Gasteiger charge is -2.26. The zero-order chi connectivity index (χ0) is 19.0. The molecule has 1 aromatic heterocycles. The molecule has 7 nitrogen and oxygen atoms in total. The van der Waals surface area contributed by atoms with Crippen LogP contribution >= 0.6 is 0 Å². The molecule has 8 heteroatoms. The van der Waals surface area contributed by atoms with Gasteiger partial charge >= 0.3 is 0 Å². The molecular formula is C19H25N3O4S. The largest absolute Gasteiger partial charge is 0.355 e. The van der Waals surface area contributed by atoms with Gasteiger partial charge in [-0.05, 0) is 62.6 Å². The Bertz CT molecular complexity index is 939. The molecule has 2 fully saturated rings. The lowest BCUT2D eigenvalue weighted by molar-refractivity contribution is 0.0784. The van der Waals surface area contributed by atoms with Crippen LogP contribution in [0.2, 0.25) is 0 Å². The molecule has 0 unspecified atom stereocenters. The maximum Gasteiger partial charge on any atom is 0.276 e. The average Bonchev–Trinajstić information content (AvgIpc) is 3.32. The van der Waals surface area contributed by atoms with Crippen molar-refractivity contribution in [3.63, 3.8) is 0 Å². The van der Waals surface area contributed by atoms with Gasteiger partial charge in [0.1, 0.15) is 0 Å². The van der Waals surface area contributed by atoms with E-state index in [9.17, 15) is 13.2 Å². The first-order valence-corrected chi connectivity index (χ1v) is 11.1. The molecule has 0 radical (unpaired) electrons. The number of carbonyl (C=O) groups is 1. The highest BCUT2D eigenvalue weighted by molar-refractivity contribution is 7.89. The number of sulfonamides is 1. The van der Waals surface area contributed by atoms with Crippen LogP contribution in [0.25, 0.3) is 11.0 Å². The third kappa shape index (κ3) is 3.73. The first-order chi connectivity index (χ1) is 12.9. The molecule has 1 aliphatic heterocycles. The summed E-state index contributed by atoms with van der Waals surface area (Å²) >= 11 is 0. The van der Waals surface area contributed by atoms with Gasteiger partial charge in [0.25, 0.3) is 5.91 Å². The topological polar surface area (TPSA) is 92.5 Å². The van der Waals surface area contributed by atoms with Crippen LogP contribution < -0.4 is 4.72 Å². The van der Waals surface area contributed by atoms with Crippen molar-refractivity contribution >= 4 is 26.9 Å². The van der Waals surface area contributed by atoms with E-state index in [-0.39, 0.29) is 22.5 Å². The number of benzene rings is 1. The molecule has 1 saturated heterocycles. The first kappa shape index (κ1) is 18.4. The second-order valence-electron chi connectivity index (χ2n) is 7.77. The smallest absolute Gasteiger partial charge is 0.276 e. The van der Waals surface area contributed by atoms with Crippen LogP contribution in [0, 0.1) is 5.92 Å². The highest BCUT2D eigenvalue weighted by Crippen LogP contribution is 2.27. The summed E-state index contributed by atoms with van der Waals surface area (Å²) in [6, 6.07) is 4.55.